The lowest BCUT2D eigenvalue weighted by Crippen LogP contribution is -2.11. The van der Waals surface area contributed by atoms with Crippen LogP contribution in [-0.4, -0.2) is 16.8 Å². The number of hydrogen-bond acceptors (Lipinski definition) is 3. The molecule has 0 amide bonds. The predicted octanol–water partition coefficient (Wildman–Crippen LogP) is 1.92. The highest BCUT2D eigenvalue weighted by atomic mass is 32.2. The van der Waals surface area contributed by atoms with Gasteiger partial charge in [0.25, 0.3) is 0 Å². The Morgan fingerprint density at radius 2 is 2.08 bits per heavy atom. The van der Waals surface area contributed by atoms with E-state index < -0.39 is 0 Å². The molecular weight excluding hydrogens is 184 g/mol. The van der Waals surface area contributed by atoms with E-state index in [0.29, 0.717) is 6.42 Å². The molecule has 13 heavy (non-hydrogen) atoms. The molecule has 1 aromatic rings. The Morgan fingerprint density at radius 1 is 1.38 bits per heavy atom. The molecule has 4 heteroatoms. The van der Waals surface area contributed by atoms with Gasteiger partial charge in [-0.25, -0.2) is 0 Å². The fourth-order valence-electron chi connectivity index (χ4n) is 0.840. The van der Waals surface area contributed by atoms with E-state index in [1.54, 1.807) is 11.8 Å². The van der Waals surface area contributed by atoms with Crippen LogP contribution in [0.4, 0.5) is 0 Å². The molecule has 0 spiro atoms. The van der Waals surface area contributed by atoms with Crippen LogP contribution in [0.3, 0.4) is 0 Å². The van der Waals surface area contributed by atoms with Crippen LogP contribution in [0.1, 0.15) is 6.42 Å². The van der Waals surface area contributed by atoms with Gasteiger partial charge in [-0.1, -0.05) is 23.4 Å². The molecule has 3 nitrogen and oxygen atoms in total. The standard InChI is InChI=1S/C9H12N2OS/c10-9(11-12)6-7-13-8-4-2-1-3-5-8/h1-5,12H,6-7H2,(H2,10,11). The summed E-state index contributed by atoms with van der Waals surface area (Å²) >= 11 is 1.69. The van der Waals surface area contributed by atoms with Crippen LogP contribution in [-0.2, 0) is 0 Å². The molecule has 0 aromatic heterocycles. The Morgan fingerprint density at radius 3 is 2.69 bits per heavy atom. The number of hydrogen-bond donors (Lipinski definition) is 2. The van der Waals surface area contributed by atoms with E-state index in [-0.39, 0.29) is 5.84 Å². The van der Waals surface area contributed by atoms with Gasteiger partial charge in [0.2, 0.25) is 0 Å². The molecule has 70 valence electrons. The number of nitrogens with zero attached hydrogens (tertiary/aromatic N) is 1. The Balaban J connectivity index is 2.28. The van der Waals surface area contributed by atoms with E-state index >= 15 is 0 Å². The van der Waals surface area contributed by atoms with Crippen molar-refractivity contribution >= 4 is 17.6 Å². The number of rotatable bonds is 4. The van der Waals surface area contributed by atoms with Crippen LogP contribution >= 0.6 is 11.8 Å². The van der Waals surface area contributed by atoms with Crippen LogP contribution in [0, 0.1) is 0 Å². The lowest BCUT2D eigenvalue weighted by molar-refractivity contribution is 0.317. The zero-order valence-electron chi connectivity index (χ0n) is 7.18. The molecule has 0 saturated heterocycles. The lowest BCUT2D eigenvalue weighted by atomic mass is 10.4. The molecule has 3 N–H and O–H groups in total. The highest BCUT2D eigenvalue weighted by molar-refractivity contribution is 7.99. The summed E-state index contributed by atoms with van der Waals surface area (Å²) in [5.74, 6) is 1.11. The van der Waals surface area contributed by atoms with E-state index in [2.05, 4.69) is 5.16 Å². The van der Waals surface area contributed by atoms with E-state index in [1.165, 1.54) is 4.90 Å². The van der Waals surface area contributed by atoms with Crippen molar-refractivity contribution < 1.29 is 5.21 Å². The first kappa shape index (κ1) is 9.92. The van der Waals surface area contributed by atoms with Gasteiger partial charge < -0.3 is 10.9 Å². The van der Waals surface area contributed by atoms with Crippen molar-refractivity contribution in [3.63, 3.8) is 0 Å². The quantitative estimate of drug-likeness (QED) is 0.254. The van der Waals surface area contributed by atoms with Gasteiger partial charge in [0.1, 0.15) is 5.84 Å². The molecule has 0 radical (unpaired) electrons. The topological polar surface area (TPSA) is 58.6 Å². The number of oxime groups is 1. The lowest BCUT2D eigenvalue weighted by Gasteiger charge is -1.99. The molecule has 0 saturated carbocycles. The third-order valence-electron chi connectivity index (χ3n) is 1.50. The highest BCUT2D eigenvalue weighted by Gasteiger charge is 1.95. The summed E-state index contributed by atoms with van der Waals surface area (Å²) in [5.41, 5.74) is 5.32. The summed E-state index contributed by atoms with van der Waals surface area (Å²) in [6.45, 7) is 0. The second-order valence-electron chi connectivity index (χ2n) is 2.50. The summed E-state index contributed by atoms with van der Waals surface area (Å²) in [6.07, 6.45) is 0.607. The van der Waals surface area contributed by atoms with Crippen LogP contribution < -0.4 is 5.73 Å². The monoisotopic (exact) mass is 196 g/mol. The van der Waals surface area contributed by atoms with Crippen LogP contribution in [0.25, 0.3) is 0 Å². The largest absolute Gasteiger partial charge is 0.409 e. The summed E-state index contributed by atoms with van der Waals surface area (Å²) in [4.78, 5) is 1.20. The third kappa shape index (κ3) is 3.85. The van der Waals surface area contributed by atoms with Gasteiger partial charge >= 0.3 is 0 Å². The van der Waals surface area contributed by atoms with Gasteiger partial charge in [0.15, 0.2) is 0 Å². The maximum absolute atomic E-state index is 8.29. The minimum atomic E-state index is 0.281. The summed E-state index contributed by atoms with van der Waals surface area (Å²) in [5, 5.41) is 11.2. The first-order valence-corrected chi connectivity index (χ1v) is 4.95. The van der Waals surface area contributed by atoms with Crippen molar-refractivity contribution in [3.8, 4) is 0 Å². The molecule has 0 aliphatic heterocycles. The zero-order valence-corrected chi connectivity index (χ0v) is 8.00. The first-order valence-electron chi connectivity index (χ1n) is 3.97. The predicted molar refractivity (Wildman–Crippen MR) is 55.2 cm³/mol. The van der Waals surface area contributed by atoms with Crippen LogP contribution in [0.2, 0.25) is 0 Å². The Hall–Kier alpha value is -1.16. The van der Waals surface area contributed by atoms with Crippen molar-refractivity contribution in [2.75, 3.05) is 5.75 Å². The number of nitrogens with two attached hydrogens (primary N) is 1. The summed E-state index contributed by atoms with van der Waals surface area (Å²) in [6, 6.07) is 10.0. The molecule has 0 bridgehead atoms. The smallest absolute Gasteiger partial charge is 0.139 e. The Bertz CT molecular complexity index is 274. The van der Waals surface area contributed by atoms with Gasteiger partial charge in [-0.3, -0.25) is 0 Å². The highest BCUT2D eigenvalue weighted by Crippen LogP contribution is 2.17. The molecule has 0 aliphatic rings. The van der Waals surface area contributed by atoms with Crippen molar-refractivity contribution in [1.82, 2.24) is 0 Å². The van der Waals surface area contributed by atoms with Crippen molar-refractivity contribution in [2.45, 2.75) is 11.3 Å². The molecule has 0 heterocycles. The normalized spacial score (nSPS) is 11.5. The number of amidine groups is 1. The van der Waals surface area contributed by atoms with Gasteiger partial charge in [-0.2, -0.15) is 0 Å². The van der Waals surface area contributed by atoms with Crippen LogP contribution in [0.15, 0.2) is 40.4 Å². The molecule has 0 fully saturated rings. The van der Waals surface area contributed by atoms with E-state index in [0.717, 1.165) is 5.75 Å². The average molecular weight is 196 g/mol. The third-order valence-corrected chi connectivity index (χ3v) is 2.51. The average Bonchev–Trinajstić information content (AvgIpc) is 2.19. The maximum atomic E-state index is 8.29. The maximum Gasteiger partial charge on any atom is 0.139 e. The molecule has 1 rings (SSSR count). The number of thioether (sulfide) groups is 1. The molecule has 0 atom stereocenters. The number of benzene rings is 1. The molecule has 1 aromatic carbocycles. The SMILES string of the molecule is N/C(CCSc1ccccc1)=N\O. The van der Waals surface area contributed by atoms with Gasteiger partial charge in [-0.05, 0) is 12.1 Å². The van der Waals surface area contributed by atoms with E-state index in [4.69, 9.17) is 10.9 Å². The second kappa shape index (κ2) is 5.48. The fourth-order valence-corrected chi connectivity index (χ4v) is 1.74. The Kier molecular flexibility index (Phi) is 4.18. The van der Waals surface area contributed by atoms with Crippen molar-refractivity contribution in [3.05, 3.63) is 30.3 Å². The Labute approximate surface area is 81.6 Å². The van der Waals surface area contributed by atoms with Gasteiger partial charge in [0, 0.05) is 17.1 Å². The van der Waals surface area contributed by atoms with E-state index in [9.17, 15) is 0 Å². The first-order chi connectivity index (χ1) is 6.33. The summed E-state index contributed by atoms with van der Waals surface area (Å²) < 4.78 is 0. The minimum absolute atomic E-state index is 0.281. The molecule has 0 aliphatic carbocycles. The summed E-state index contributed by atoms with van der Waals surface area (Å²) in [7, 11) is 0. The zero-order chi connectivity index (χ0) is 9.52. The second-order valence-corrected chi connectivity index (χ2v) is 3.67. The van der Waals surface area contributed by atoms with Gasteiger partial charge in [0.05, 0.1) is 0 Å². The molecular formula is C9H12N2OS. The van der Waals surface area contributed by atoms with Gasteiger partial charge in [-0.15, -0.1) is 11.8 Å². The van der Waals surface area contributed by atoms with Crippen LogP contribution in [0.5, 0.6) is 0 Å². The van der Waals surface area contributed by atoms with E-state index in [1.807, 2.05) is 30.3 Å². The molecule has 0 unspecified atom stereocenters. The fraction of sp³-hybridized carbons (Fsp3) is 0.222. The van der Waals surface area contributed by atoms with Crippen molar-refractivity contribution in [1.29, 1.82) is 0 Å². The van der Waals surface area contributed by atoms with Crippen molar-refractivity contribution in [2.24, 2.45) is 10.9 Å². The minimum Gasteiger partial charge on any atom is -0.409 e.